The fourth-order valence-corrected chi connectivity index (χ4v) is 1.60. The minimum absolute atomic E-state index is 0.233. The summed E-state index contributed by atoms with van der Waals surface area (Å²) in [5, 5.41) is 0.717. The number of nitrogens with one attached hydrogen (secondary N) is 1. The van der Waals surface area contributed by atoms with Crippen LogP contribution in [0.4, 0.5) is 5.82 Å². The highest BCUT2D eigenvalue weighted by Crippen LogP contribution is 2.16. The van der Waals surface area contributed by atoms with Gasteiger partial charge in [0.2, 0.25) is 0 Å². The number of hydrazine groups is 1. The second kappa shape index (κ2) is 6.20. The maximum absolute atomic E-state index is 10.8. The minimum Gasteiger partial charge on any atom is -0.469 e. The van der Waals surface area contributed by atoms with Crippen molar-refractivity contribution in [1.82, 2.24) is 9.97 Å². The highest BCUT2D eigenvalue weighted by Gasteiger charge is 2.02. The van der Waals surface area contributed by atoms with Gasteiger partial charge in [0.1, 0.15) is 5.03 Å². The summed E-state index contributed by atoms with van der Waals surface area (Å²) < 4.78 is 4.51. The van der Waals surface area contributed by atoms with Crippen LogP contribution >= 0.6 is 11.8 Å². The number of carbonyl (C=O) groups is 1. The molecule has 0 radical (unpaired) electrons. The van der Waals surface area contributed by atoms with Crippen molar-refractivity contribution in [2.75, 3.05) is 18.3 Å². The van der Waals surface area contributed by atoms with Crippen molar-refractivity contribution in [3.05, 3.63) is 12.4 Å². The van der Waals surface area contributed by atoms with Crippen LogP contribution in [0.1, 0.15) is 6.42 Å². The predicted molar refractivity (Wildman–Crippen MR) is 57.2 cm³/mol. The van der Waals surface area contributed by atoms with Crippen molar-refractivity contribution < 1.29 is 9.53 Å². The number of hydrogen-bond donors (Lipinski definition) is 2. The lowest BCUT2D eigenvalue weighted by Gasteiger charge is -2.02. The van der Waals surface area contributed by atoms with E-state index in [4.69, 9.17) is 5.84 Å². The van der Waals surface area contributed by atoms with Crippen LogP contribution in [0.15, 0.2) is 17.4 Å². The van der Waals surface area contributed by atoms with Crippen LogP contribution in [-0.2, 0) is 9.53 Å². The van der Waals surface area contributed by atoms with Gasteiger partial charge in [-0.25, -0.2) is 10.8 Å². The summed E-state index contributed by atoms with van der Waals surface area (Å²) in [5.41, 5.74) is 2.40. The van der Waals surface area contributed by atoms with Crippen LogP contribution in [0.3, 0.4) is 0 Å². The number of aromatic nitrogens is 2. The Morgan fingerprint density at radius 3 is 3.13 bits per heavy atom. The number of nitrogens with zero attached hydrogens (tertiary/aromatic N) is 2. The largest absolute Gasteiger partial charge is 0.469 e. The van der Waals surface area contributed by atoms with Crippen molar-refractivity contribution in [3.63, 3.8) is 0 Å². The summed E-state index contributed by atoms with van der Waals surface area (Å²) in [7, 11) is 1.37. The van der Waals surface area contributed by atoms with E-state index < -0.39 is 0 Å². The maximum Gasteiger partial charge on any atom is 0.306 e. The fraction of sp³-hybridized carbons (Fsp3) is 0.375. The predicted octanol–water partition coefficient (Wildman–Crippen LogP) is 0.417. The zero-order valence-electron chi connectivity index (χ0n) is 8.27. The zero-order chi connectivity index (χ0) is 11.1. The van der Waals surface area contributed by atoms with Crippen molar-refractivity contribution >= 4 is 23.5 Å². The molecule has 0 aliphatic carbocycles. The van der Waals surface area contributed by atoms with Crippen molar-refractivity contribution in [3.8, 4) is 0 Å². The molecule has 0 saturated heterocycles. The first-order valence-corrected chi connectivity index (χ1v) is 5.23. The van der Waals surface area contributed by atoms with Gasteiger partial charge in [0, 0.05) is 5.75 Å². The molecule has 7 heteroatoms. The van der Waals surface area contributed by atoms with E-state index in [1.807, 2.05) is 0 Å². The molecule has 1 aromatic rings. The number of esters is 1. The molecule has 0 aromatic carbocycles. The average Bonchev–Trinajstić information content (AvgIpc) is 2.29. The lowest BCUT2D eigenvalue weighted by atomic mass is 10.5. The van der Waals surface area contributed by atoms with Crippen LogP contribution in [0.5, 0.6) is 0 Å². The van der Waals surface area contributed by atoms with Gasteiger partial charge in [-0.1, -0.05) is 0 Å². The maximum atomic E-state index is 10.8. The summed E-state index contributed by atoms with van der Waals surface area (Å²) in [6.45, 7) is 0. The zero-order valence-corrected chi connectivity index (χ0v) is 9.08. The summed E-state index contributed by atoms with van der Waals surface area (Å²) in [6, 6.07) is 0. The Balaban J connectivity index is 2.40. The molecule has 1 aromatic heterocycles. The Morgan fingerprint density at radius 1 is 1.67 bits per heavy atom. The van der Waals surface area contributed by atoms with E-state index in [0.29, 0.717) is 23.0 Å². The Hall–Kier alpha value is -1.34. The molecule has 1 rings (SSSR count). The highest BCUT2D eigenvalue weighted by molar-refractivity contribution is 7.99. The highest BCUT2D eigenvalue weighted by atomic mass is 32.2. The van der Waals surface area contributed by atoms with Crippen molar-refractivity contribution in [2.45, 2.75) is 11.4 Å². The molecule has 82 valence electrons. The molecule has 0 aliphatic rings. The smallest absolute Gasteiger partial charge is 0.306 e. The molecule has 6 nitrogen and oxygen atoms in total. The average molecular weight is 228 g/mol. The number of rotatable bonds is 5. The summed E-state index contributed by atoms with van der Waals surface area (Å²) in [4.78, 5) is 18.9. The number of hydrogen-bond acceptors (Lipinski definition) is 7. The van der Waals surface area contributed by atoms with Gasteiger partial charge in [0.05, 0.1) is 25.9 Å². The molecule has 0 atom stereocenters. The molecule has 3 N–H and O–H groups in total. The van der Waals surface area contributed by atoms with Crippen molar-refractivity contribution in [1.29, 1.82) is 0 Å². The SMILES string of the molecule is COC(=O)CCSc1cncc(NN)n1. The van der Waals surface area contributed by atoms with Gasteiger partial charge in [0.25, 0.3) is 0 Å². The van der Waals surface area contributed by atoms with Gasteiger partial charge < -0.3 is 10.2 Å². The number of anilines is 1. The van der Waals surface area contributed by atoms with E-state index in [-0.39, 0.29) is 5.97 Å². The monoisotopic (exact) mass is 228 g/mol. The first kappa shape index (κ1) is 11.7. The van der Waals surface area contributed by atoms with Gasteiger partial charge in [-0.05, 0) is 0 Å². The summed E-state index contributed by atoms with van der Waals surface area (Å²) in [5.74, 6) is 6.05. The first-order chi connectivity index (χ1) is 7.26. The fourth-order valence-electron chi connectivity index (χ4n) is 0.828. The van der Waals surface area contributed by atoms with Crippen LogP contribution in [0.2, 0.25) is 0 Å². The Kier molecular flexibility index (Phi) is 4.85. The van der Waals surface area contributed by atoms with E-state index >= 15 is 0 Å². The normalized spacial score (nSPS) is 9.73. The standard InChI is InChI=1S/C8H12N4O2S/c1-14-8(13)2-3-15-7-5-10-4-6(11-7)12-9/h4-5H,2-3,9H2,1H3,(H,11,12). The van der Waals surface area contributed by atoms with E-state index in [0.717, 1.165) is 0 Å². The second-order valence-electron chi connectivity index (χ2n) is 2.56. The minimum atomic E-state index is -0.233. The topological polar surface area (TPSA) is 90.1 Å². The third-order valence-electron chi connectivity index (χ3n) is 1.54. The molecule has 0 aliphatic heterocycles. The summed E-state index contributed by atoms with van der Waals surface area (Å²) in [6.07, 6.45) is 3.48. The Morgan fingerprint density at radius 2 is 2.47 bits per heavy atom. The Bertz CT molecular complexity index is 334. The molecule has 0 fully saturated rings. The number of thioether (sulfide) groups is 1. The number of carbonyl (C=O) groups excluding carboxylic acids is 1. The molecule has 0 amide bonds. The van der Waals surface area contributed by atoms with E-state index in [1.54, 1.807) is 6.20 Å². The summed E-state index contributed by atoms with van der Waals surface area (Å²) >= 11 is 1.42. The van der Waals surface area contributed by atoms with Crippen LogP contribution in [0.25, 0.3) is 0 Å². The van der Waals surface area contributed by atoms with Gasteiger partial charge >= 0.3 is 5.97 Å². The first-order valence-electron chi connectivity index (χ1n) is 4.24. The number of methoxy groups -OCH3 is 1. The van der Waals surface area contributed by atoms with E-state index in [1.165, 1.54) is 25.1 Å². The van der Waals surface area contributed by atoms with E-state index in [9.17, 15) is 4.79 Å². The number of nitrogen functional groups attached to an aromatic ring is 1. The molecule has 0 spiro atoms. The van der Waals surface area contributed by atoms with Gasteiger partial charge in [-0.15, -0.1) is 11.8 Å². The second-order valence-corrected chi connectivity index (χ2v) is 3.68. The van der Waals surface area contributed by atoms with Crippen LogP contribution in [0, 0.1) is 0 Å². The quantitative estimate of drug-likeness (QED) is 0.326. The third kappa shape index (κ3) is 4.13. The number of nitrogens with two attached hydrogens (primary N) is 1. The van der Waals surface area contributed by atoms with Crippen molar-refractivity contribution in [2.24, 2.45) is 5.84 Å². The van der Waals surface area contributed by atoms with Gasteiger partial charge in [-0.3, -0.25) is 9.78 Å². The Labute approximate surface area is 91.6 Å². The molecule has 0 unspecified atom stereocenters. The molecule has 0 saturated carbocycles. The molecule has 15 heavy (non-hydrogen) atoms. The molecular weight excluding hydrogens is 216 g/mol. The van der Waals surface area contributed by atoms with Gasteiger partial charge in [-0.2, -0.15) is 0 Å². The molecule has 1 heterocycles. The van der Waals surface area contributed by atoms with Gasteiger partial charge in [0.15, 0.2) is 5.82 Å². The lowest BCUT2D eigenvalue weighted by Crippen LogP contribution is -2.09. The molecule has 0 bridgehead atoms. The number of ether oxygens (including phenoxy) is 1. The third-order valence-corrected chi connectivity index (χ3v) is 2.44. The van der Waals surface area contributed by atoms with Crippen LogP contribution in [-0.4, -0.2) is 28.8 Å². The van der Waals surface area contributed by atoms with E-state index in [2.05, 4.69) is 20.1 Å². The molecular formula is C8H12N4O2S. The lowest BCUT2D eigenvalue weighted by molar-refractivity contribution is -0.140. The van der Waals surface area contributed by atoms with Crippen LogP contribution < -0.4 is 11.3 Å².